The molecule has 4 nitrogen and oxygen atoms in total. The van der Waals surface area contributed by atoms with Crippen molar-refractivity contribution in [3.8, 4) is 5.75 Å². The Bertz CT molecular complexity index is 479. The summed E-state index contributed by atoms with van der Waals surface area (Å²) < 4.78 is 17.2. The van der Waals surface area contributed by atoms with E-state index < -0.39 is 0 Å². The second-order valence-electron chi connectivity index (χ2n) is 3.88. The quantitative estimate of drug-likeness (QED) is 0.771. The first-order valence-electron chi connectivity index (χ1n) is 5.54. The highest BCUT2D eigenvalue weighted by Crippen LogP contribution is 2.25. The Morgan fingerprint density at radius 3 is 3.06 bits per heavy atom. The van der Waals surface area contributed by atoms with Gasteiger partial charge in [-0.05, 0) is 19.1 Å². The van der Waals surface area contributed by atoms with Crippen LogP contribution in [-0.4, -0.2) is 24.0 Å². The lowest BCUT2D eigenvalue weighted by Crippen LogP contribution is -2.19. The van der Waals surface area contributed by atoms with Crippen LogP contribution in [0.4, 0.5) is 9.57 Å². The molecule has 1 amide bonds. The third-order valence-electron chi connectivity index (χ3n) is 2.41. The van der Waals surface area contributed by atoms with Crippen molar-refractivity contribution in [2.45, 2.75) is 13.3 Å². The molecule has 0 N–H and O–H groups in total. The number of hydrogen-bond acceptors (Lipinski definition) is 4. The van der Waals surface area contributed by atoms with E-state index in [1.54, 1.807) is 24.3 Å². The van der Waals surface area contributed by atoms with Crippen molar-refractivity contribution in [3.63, 3.8) is 0 Å². The lowest BCUT2D eigenvalue weighted by molar-refractivity contribution is -0.116. The maximum atomic E-state index is 11.9. The van der Waals surface area contributed by atoms with Gasteiger partial charge in [-0.2, -0.15) is 8.99 Å². The number of benzene rings is 1. The van der Waals surface area contributed by atoms with Gasteiger partial charge < -0.3 is 4.74 Å². The van der Waals surface area contributed by atoms with Gasteiger partial charge in [-0.25, -0.2) is 5.01 Å². The molecule has 18 heavy (non-hydrogen) atoms. The third-order valence-corrected chi connectivity index (χ3v) is 2.73. The molecule has 0 bridgehead atoms. The van der Waals surface area contributed by atoms with Crippen molar-refractivity contribution < 1.29 is 13.4 Å². The molecule has 2 rings (SSSR count). The van der Waals surface area contributed by atoms with Crippen LogP contribution in [0.25, 0.3) is 0 Å². The molecule has 1 heterocycles. The number of carbonyl (C=O) groups is 1. The van der Waals surface area contributed by atoms with Gasteiger partial charge in [-0.3, -0.25) is 4.79 Å². The Morgan fingerprint density at radius 1 is 1.56 bits per heavy atom. The molecule has 1 aliphatic rings. The maximum absolute atomic E-state index is 11.9. The smallest absolute Gasteiger partial charge is 0.253 e. The zero-order valence-corrected chi connectivity index (χ0v) is 10.7. The van der Waals surface area contributed by atoms with Gasteiger partial charge >= 0.3 is 0 Å². The number of ether oxygens (including phenoxy) is 1. The molecule has 0 aliphatic carbocycles. The second-order valence-corrected chi connectivity index (χ2v) is 4.50. The van der Waals surface area contributed by atoms with Crippen molar-refractivity contribution in [1.29, 1.82) is 0 Å². The van der Waals surface area contributed by atoms with E-state index in [9.17, 15) is 8.68 Å². The summed E-state index contributed by atoms with van der Waals surface area (Å²) >= 11 is 0.240. The van der Waals surface area contributed by atoms with Gasteiger partial charge in [-0.1, -0.05) is 6.07 Å². The van der Waals surface area contributed by atoms with Gasteiger partial charge in [0.05, 0.1) is 24.5 Å². The van der Waals surface area contributed by atoms with Crippen LogP contribution < -0.4 is 9.75 Å². The standard InChI is InChI=1S/C12H13FN2O2S/c1-9-7-12(16)15(14-9)10-3-2-4-11(8-10)17-5-6-18-13/h2-4,8H,5-7H2,1H3. The van der Waals surface area contributed by atoms with E-state index >= 15 is 0 Å². The molecule has 1 aliphatic heterocycles. The molecule has 0 aromatic heterocycles. The van der Waals surface area contributed by atoms with Crippen LogP contribution in [0.2, 0.25) is 0 Å². The van der Waals surface area contributed by atoms with Crippen LogP contribution in [0.1, 0.15) is 13.3 Å². The van der Waals surface area contributed by atoms with E-state index in [4.69, 9.17) is 4.74 Å². The summed E-state index contributed by atoms with van der Waals surface area (Å²) in [5.74, 6) is 0.836. The summed E-state index contributed by atoms with van der Waals surface area (Å²) in [7, 11) is 0. The normalized spacial score (nSPS) is 14.9. The molecule has 96 valence electrons. The van der Waals surface area contributed by atoms with E-state index in [1.807, 2.05) is 6.92 Å². The highest BCUT2D eigenvalue weighted by Gasteiger charge is 2.22. The molecular formula is C12H13FN2O2S. The van der Waals surface area contributed by atoms with Gasteiger partial charge in [0.25, 0.3) is 5.91 Å². The molecule has 0 atom stereocenters. The number of hydrogen-bond donors (Lipinski definition) is 0. The van der Waals surface area contributed by atoms with E-state index in [0.29, 0.717) is 24.5 Å². The van der Waals surface area contributed by atoms with Crippen molar-refractivity contribution in [3.05, 3.63) is 24.3 Å². The number of amides is 1. The first-order valence-corrected chi connectivity index (χ1v) is 6.43. The van der Waals surface area contributed by atoms with Gasteiger partial charge in [-0.15, -0.1) is 0 Å². The van der Waals surface area contributed by atoms with Crippen LogP contribution in [0.5, 0.6) is 5.75 Å². The Hall–Kier alpha value is -1.56. The van der Waals surface area contributed by atoms with Crippen molar-refractivity contribution >= 4 is 29.5 Å². The summed E-state index contributed by atoms with van der Waals surface area (Å²) in [4.78, 5) is 11.7. The summed E-state index contributed by atoms with van der Waals surface area (Å²) in [5, 5.41) is 5.53. The van der Waals surface area contributed by atoms with Crippen LogP contribution in [-0.2, 0) is 4.79 Å². The molecular weight excluding hydrogens is 255 g/mol. The summed E-state index contributed by atoms with van der Waals surface area (Å²) in [6, 6.07) is 7.06. The molecule has 0 unspecified atom stereocenters. The van der Waals surface area contributed by atoms with Crippen LogP contribution in [0.3, 0.4) is 0 Å². The molecule has 1 aromatic carbocycles. The first-order chi connectivity index (χ1) is 8.70. The zero-order valence-electron chi connectivity index (χ0n) is 9.93. The summed E-state index contributed by atoms with van der Waals surface area (Å²) in [6.45, 7) is 2.11. The average Bonchev–Trinajstić information content (AvgIpc) is 2.69. The monoisotopic (exact) mass is 268 g/mol. The minimum absolute atomic E-state index is 0.0519. The highest BCUT2D eigenvalue weighted by atomic mass is 32.2. The fourth-order valence-corrected chi connectivity index (χ4v) is 1.80. The average molecular weight is 268 g/mol. The van der Waals surface area contributed by atoms with Gasteiger partial charge in [0.1, 0.15) is 5.75 Å². The SMILES string of the molecule is CC1=NN(c2cccc(OCCSF)c2)C(=O)C1. The molecule has 0 saturated heterocycles. The third kappa shape index (κ3) is 3.01. The molecule has 1 aromatic rings. The van der Waals surface area contributed by atoms with Crippen LogP contribution in [0.15, 0.2) is 29.4 Å². The Kier molecular flexibility index (Phi) is 4.19. The fourth-order valence-electron chi connectivity index (χ4n) is 1.65. The minimum atomic E-state index is -0.0519. The van der Waals surface area contributed by atoms with Gasteiger partial charge in [0.15, 0.2) is 0 Å². The van der Waals surface area contributed by atoms with Gasteiger partial charge in [0.2, 0.25) is 0 Å². The number of rotatable bonds is 5. The summed E-state index contributed by atoms with van der Waals surface area (Å²) in [6.07, 6.45) is 0.351. The highest BCUT2D eigenvalue weighted by molar-refractivity contribution is 7.94. The first kappa shape index (κ1) is 12.9. The molecule has 0 radical (unpaired) electrons. The van der Waals surface area contributed by atoms with Crippen molar-refractivity contribution in [2.24, 2.45) is 5.10 Å². The minimum Gasteiger partial charge on any atom is -0.493 e. The number of halogens is 1. The molecule has 0 spiro atoms. The van der Waals surface area contributed by atoms with E-state index in [0.717, 1.165) is 5.71 Å². The van der Waals surface area contributed by atoms with Gasteiger partial charge in [0, 0.05) is 23.9 Å². The van der Waals surface area contributed by atoms with Crippen molar-refractivity contribution in [2.75, 3.05) is 17.4 Å². The Morgan fingerprint density at radius 2 is 2.39 bits per heavy atom. The van der Waals surface area contributed by atoms with Crippen molar-refractivity contribution in [1.82, 2.24) is 0 Å². The number of anilines is 1. The maximum Gasteiger partial charge on any atom is 0.253 e. The Balaban J connectivity index is 2.10. The largest absolute Gasteiger partial charge is 0.493 e. The Labute approximate surface area is 109 Å². The molecule has 0 saturated carbocycles. The fraction of sp³-hybridized carbons (Fsp3) is 0.333. The van der Waals surface area contributed by atoms with E-state index in [1.165, 1.54) is 5.01 Å². The van der Waals surface area contributed by atoms with E-state index in [2.05, 4.69) is 5.10 Å². The van der Waals surface area contributed by atoms with E-state index in [-0.39, 0.29) is 23.8 Å². The molecule has 6 heteroatoms. The predicted octanol–water partition coefficient (Wildman–Crippen LogP) is 2.80. The lowest BCUT2D eigenvalue weighted by Gasteiger charge is -2.13. The lowest BCUT2D eigenvalue weighted by atomic mass is 10.2. The number of hydrazone groups is 1. The zero-order chi connectivity index (χ0) is 13.0. The number of nitrogens with zero attached hydrogens (tertiary/aromatic N) is 2. The predicted molar refractivity (Wildman–Crippen MR) is 70.7 cm³/mol. The summed E-state index contributed by atoms with van der Waals surface area (Å²) in [5.41, 5.74) is 1.46. The second kappa shape index (κ2) is 5.86. The number of carbonyl (C=O) groups excluding carboxylic acids is 1. The molecule has 0 fully saturated rings. The topological polar surface area (TPSA) is 41.9 Å². The van der Waals surface area contributed by atoms with Crippen LogP contribution in [0, 0.1) is 0 Å². The van der Waals surface area contributed by atoms with Crippen LogP contribution >= 0.6 is 12.1 Å².